The molecular formula is C14H24BrN3. The van der Waals surface area contributed by atoms with Crippen LogP contribution in [0, 0.1) is 0 Å². The van der Waals surface area contributed by atoms with Crippen molar-refractivity contribution in [2.45, 2.75) is 52.6 Å². The van der Waals surface area contributed by atoms with E-state index in [1.165, 1.54) is 19.3 Å². The number of unbranched alkanes of at least 4 members (excludes halogenated alkanes) is 2. The maximum absolute atomic E-state index is 5.82. The maximum atomic E-state index is 5.82. The minimum Gasteiger partial charge on any atom is -0.354 e. The smallest absolute Gasteiger partial charge is 0.133 e. The molecule has 0 aliphatic rings. The lowest BCUT2D eigenvalue weighted by atomic mass is 10.2. The van der Waals surface area contributed by atoms with Gasteiger partial charge in [0, 0.05) is 35.4 Å². The van der Waals surface area contributed by atoms with Crippen LogP contribution in [0.15, 0.2) is 16.7 Å². The third-order valence-corrected chi connectivity index (χ3v) is 3.46. The Labute approximate surface area is 119 Å². The lowest BCUT2D eigenvalue weighted by molar-refractivity contribution is 0.617. The van der Waals surface area contributed by atoms with Crippen LogP contribution >= 0.6 is 15.9 Å². The standard InChI is InChI=1S/C14H24BrN3/c1-4-5-6-7-18(11(2)3)14-12(9-16)8-13(15)10-17-14/h8,10-11H,4-7,9,16H2,1-3H3. The summed E-state index contributed by atoms with van der Waals surface area (Å²) in [4.78, 5) is 6.90. The van der Waals surface area contributed by atoms with Gasteiger partial charge < -0.3 is 10.6 Å². The van der Waals surface area contributed by atoms with Crippen molar-refractivity contribution < 1.29 is 0 Å². The summed E-state index contributed by atoms with van der Waals surface area (Å²) in [5.74, 6) is 1.03. The molecule has 4 heteroatoms. The number of hydrogen-bond acceptors (Lipinski definition) is 3. The molecule has 0 aromatic carbocycles. The molecule has 3 nitrogen and oxygen atoms in total. The van der Waals surface area contributed by atoms with Crippen LogP contribution in [0.25, 0.3) is 0 Å². The second-order valence-corrected chi connectivity index (χ2v) is 5.75. The van der Waals surface area contributed by atoms with E-state index in [1.807, 2.05) is 6.20 Å². The Hall–Kier alpha value is -0.610. The van der Waals surface area contributed by atoms with Gasteiger partial charge in [-0.3, -0.25) is 0 Å². The van der Waals surface area contributed by atoms with Crippen molar-refractivity contribution in [1.82, 2.24) is 4.98 Å². The molecule has 0 saturated carbocycles. The number of aromatic nitrogens is 1. The molecule has 1 rings (SSSR count). The van der Waals surface area contributed by atoms with Crippen LogP contribution in [-0.4, -0.2) is 17.6 Å². The second-order valence-electron chi connectivity index (χ2n) is 4.83. The molecule has 102 valence electrons. The minimum atomic E-state index is 0.445. The largest absolute Gasteiger partial charge is 0.354 e. The SMILES string of the molecule is CCCCCN(c1ncc(Br)cc1CN)C(C)C. The first-order valence-electron chi connectivity index (χ1n) is 6.71. The van der Waals surface area contributed by atoms with E-state index >= 15 is 0 Å². The quantitative estimate of drug-likeness (QED) is 0.780. The zero-order chi connectivity index (χ0) is 13.5. The van der Waals surface area contributed by atoms with E-state index in [-0.39, 0.29) is 0 Å². The summed E-state index contributed by atoms with van der Waals surface area (Å²) in [6, 6.07) is 2.51. The van der Waals surface area contributed by atoms with Crippen LogP contribution in [0.4, 0.5) is 5.82 Å². The summed E-state index contributed by atoms with van der Waals surface area (Å²) in [6.07, 6.45) is 5.56. The highest BCUT2D eigenvalue weighted by atomic mass is 79.9. The van der Waals surface area contributed by atoms with Gasteiger partial charge in [0.1, 0.15) is 5.82 Å². The molecule has 0 saturated heterocycles. The van der Waals surface area contributed by atoms with Gasteiger partial charge in [-0.1, -0.05) is 19.8 Å². The third-order valence-electron chi connectivity index (χ3n) is 3.03. The average Bonchev–Trinajstić information content (AvgIpc) is 2.35. The monoisotopic (exact) mass is 313 g/mol. The molecule has 1 aromatic rings. The van der Waals surface area contributed by atoms with E-state index < -0.39 is 0 Å². The molecule has 18 heavy (non-hydrogen) atoms. The molecule has 0 amide bonds. The number of halogens is 1. The van der Waals surface area contributed by atoms with E-state index in [4.69, 9.17) is 5.73 Å². The minimum absolute atomic E-state index is 0.445. The normalized spacial score (nSPS) is 11.0. The molecule has 0 atom stereocenters. The molecule has 0 aliphatic carbocycles. The van der Waals surface area contributed by atoms with E-state index in [2.05, 4.69) is 52.7 Å². The van der Waals surface area contributed by atoms with Crippen LogP contribution in [0.5, 0.6) is 0 Å². The Morgan fingerprint density at radius 3 is 2.67 bits per heavy atom. The molecule has 0 spiro atoms. The summed E-state index contributed by atoms with van der Waals surface area (Å²) >= 11 is 3.45. The van der Waals surface area contributed by atoms with Crippen molar-refractivity contribution in [3.05, 3.63) is 22.3 Å². The van der Waals surface area contributed by atoms with Gasteiger partial charge in [0.05, 0.1) is 0 Å². The zero-order valence-corrected chi connectivity index (χ0v) is 13.2. The van der Waals surface area contributed by atoms with Gasteiger partial charge in [0.15, 0.2) is 0 Å². The topological polar surface area (TPSA) is 42.2 Å². The first kappa shape index (κ1) is 15.4. The Balaban J connectivity index is 2.90. The van der Waals surface area contributed by atoms with Crippen molar-refractivity contribution in [3.8, 4) is 0 Å². The molecule has 0 bridgehead atoms. The summed E-state index contributed by atoms with van der Waals surface area (Å²) in [6.45, 7) is 8.21. The highest BCUT2D eigenvalue weighted by Crippen LogP contribution is 2.23. The van der Waals surface area contributed by atoms with Gasteiger partial charge in [0.25, 0.3) is 0 Å². The van der Waals surface area contributed by atoms with Gasteiger partial charge in [-0.05, 0) is 42.3 Å². The summed E-state index contributed by atoms with van der Waals surface area (Å²) in [5, 5.41) is 0. The molecule has 0 radical (unpaired) electrons. The van der Waals surface area contributed by atoms with Gasteiger partial charge in [-0.2, -0.15) is 0 Å². The molecule has 0 aliphatic heterocycles. The highest BCUT2D eigenvalue weighted by Gasteiger charge is 2.15. The summed E-state index contributed by atoms with van der Waals surface area (Å²) in [7, 11) is 0. The Morgan fingerprint density at radius 1 is 1.39 bits per heavy atom. The van der Waals surface area contributed by atoms with Crippen molar-refractivity contribution >= 4 is 21.7 Å². The van der Waals surface area contributed by atoms with Crippen molar-refractivity contribution in [2.24, 2.45) is 5.73 Å². The van der Waals surface area contributed by atoms with E-state index in [0.29, 0.717) is 12.6 Å². The number of rotatable bonds is 7. The number of pyridine rings is 1. The van der Waals surface area contributed by atoms with Crippen molar-refractivity contribution in [3.63, 3.8) is 0 Å². The predicted octanol–water partition coefficient (Wildman–Crippen LogP) is 3.71. The van der Waals surface area contributed by atoms with Gasteiger partial charge in [-0.15, -0.1) is 0 Å². The van der Waals surface area contributed by atoms with Gasteiger partial charge >= 0.3 is 0 Å². The molecule has 1 heterocycles. The van der Waals surface area contributed by atoms with Crippen LogP contribution in [-0.2, 0) is 6.54 Å². The number of hydrogen-bond donors (Lipinski definition) is 1. The van der Waals surface area contributed by atoms with Crippen LogP contribution < -0.4 is 10.6 Å². The molecule has 0 unspecified atom stereocenters. The highest BCUT2D eigenvalue weighted by molar-refractivity contribution is 9.10. The number of anilines is 1. The third kappa shape index (κ3) is 4.25. The van der Waals surface area contributed by atoms with Crippen LogP contribution in [0.3, 0.4) is 0 Å². The maximum Gasteiger partial charge on any atom is 0.133 e. The number of nitrogens with zero attached hydrogens (tertiary/aromatic N) is 2. The van der Waals surface area contributed by atoms with Crippen molar-refractivity contribution in [1.29, 1.82) is 0 Å². The molecule has 1 aromatic heterocycles. The van der Waals surface area contributed by atoms with Crippen LogP contribution in [0.2, 0.25) is 0 Å². The average molecular weight is 314 g/mol. The van der Waals surface area contributed by atoms with E-state index in [1.54, 1.807) is 0 Å². The first-order chi connectivity index (χ1) is 8.60. The summed E-state index contributed by atoms with van der Waals surface area (Å²) < 4.78 is 0.990. The van der Waals surface area contributed by atoms with E-state index in [9.17, 15) is 0 Å². The Morgan fingerprint density at radius 2 is 2.11 bits per heavy atom. The fraction of sp³-hybridized carbons (Fsp3) is 0.643. The Bertz CT molecular complexity index is 366. The second kappa shape index (κ2) is 7.74. The van der Waals surface area contributed by atoms with Crippen LogP contribution in [0.1, 0.15) is 45.6 Å². The predicted molar refractivity (Wildman–Crippen MR) is 81.8 cm³/mol. The van der Waals surface area contributed by atoms with Crippen molar-refractivity contribution in [2.75, 3.05) is 11.4 Å². The fourth-order valence-corrected chi connectivity index (χ4v) is 2.40. The lowest BCUT2D eigenvalue weighted by Gasteiger charge is -2.29. The fourth-order valence-electron chi connectivity index (χ4n) is 2.02. The first-order valence-corrected chi connectivity index (χ1v) is 7.50. The van der Waals surface area contributed by atoms with E-state index in [0.717, 1.165) is 22.4 Å². The van der Waals surface area contributed by atoms with Gasteiger partial charge in [0.2, 0.25) is 0 Å². The molecular weight excluding hydrogens is 290 g/mol. The van der Waals surface area contributed by atoms with Gasteiger partial charge in [-0.25, -0.2) is 4.98 Å². The lowest BCUT2D eigenvalue weighted by Crippen LogP contribution is -2.33. The molecule has 2 N–H and O–H groups in total. The molecule has 0 fully saturated rings. The zero-order valence-electron chi connectivity index (χ0n) is 11.6. The Kier molecular flexibility index (Phi) is 6.65. The summed E-state index contributed by atoms with van der Waals surface area (Å²) in [5.41, 5.74) is 6.93. The number of nitrogens with two attached hydrogens (primary N) is 1.